The molecule has 0 saturated carbocycles. The number of piperidine rings is 1. The molecule has 2 rings (SSSR count). The number of likely N-dealkylation sites (tertiary alicyclic amines) is 1. The van der Waals surface area contributed by atoms with Crippen molar-refractivity contribution < 1.29 is 9.90 Å². The van der Waals surface area contributed by atoms with Crippen LogP contribution in [-0.2, 0) is 0 Å². The minimum atomic E-state index is -0.144. The summed E-state index contributed by atoms with van der Waals surface area (Å²) in [4.78, 5) is 14.0. The second-order valence-corrected chi connectivity index (χ2v) is 5.41. The minimum absolute atomic E-state index is 0.134. The van der Waals surface area contributed by atoms with Gasteiger partial charge in [-0.05, 0) is 37.3 Å². The number of benzene rings is 1. The Hall–Kier alpha value is -1.26. The molecule has 0 aliphatic carbocycles. The van der Waals surface area contributed by atoms with Crippen LogP contribution in [0, 0.1) is 12.8 Å². The summed E-state index contributed by atoms with van der Waals surface area (Å²) in [5.74, 6) is 0.187. The summed E-state index contributed by atoms with van der Waals surface area (Å²) in [5, 5.41) is 12.6. The molecule has 0 unspecified atom stereocenters. The number of para-hydroxylation sites is 1. The normalized spacial score (nSPS) is 19.3. The molecule has 104 valence electrons. The zero-order chi connectivity index (χ0) is 13.8. The SMILES string of the molecule is Cc1cccc(Cl)c1NC(=O)N1CCC[C@@H](CO)C1. The number of aliphatic hydroxyl groups excluding tert-OH is 1. The fraction of sp³-hybridized carbons (Fsp3) is 0.500. The standard InChI is InChI=1S/C14H19ClN2O2/c1-10-4-2-6-12(15)13(10)16-14(19)17-7-3-5-11(8-17)9-18/h2,4,6,11,18H,3,5,7-9H2,1H3,(H,16,19)/t11-/m1/s1. The van der Waals surface area contributed by atoms with Crippen molar-refractivity contribution in [1.82, 2.24) is 4.90 Å². The van der Waals surface area contributed by atoms with E-state index in [-0.39, 0.29) is 18.6 Å². The number of carbonyl (C=O) groups is 1. The van der Waals surface area contributed by atoms with Gasteiger partial charge >= 0.3 is 6.03 Å². The molecule has 4 nitrogen and oxygen atoms in total. The minimum Gasteiger partial charge on any atom is -0.396 e. The highest BCUT2D eigenvalue weighted by Crippen LogP contribution is 2.26. The van der Waals surface area contributed by atoms with Crippen LogP contribution in [0.15, 0.2) is 18.2 Å². The van der Waals surface area contributed by atoms with Gasteiger partial charge in [0.1, 0.15) is 0 Å². The number of aryl methyl sites for hydroxylation is 1. The van der Waals surface area contributed by atoms with Gasteiger partial charge in [-0.1, -0.05) is 23.7 Å². The molecule has 19 heavy (non-hydrogen) atoms. The van der Waals surface area contributed by atoms with Crippen LogP contribution in [0.1, 0.15) is 18.4 Å². The Bertz CT molecular complexity index is 445. The Morgan fingerprint density at radius 3 is 3.05 bits per heavy atom. The number of nitrogens with one attached hydrogen (secondary N) is 1. The van der Waals surface area contributed by atoms with Crippen LogP contribution in [0.3, 0.4) is 0 Å². The summed E-state index contributed by atoms with van der Waals surface area (Å²) < 4.78 is 0. The van der Waals surface area contributed by atoms with E-state index in [2.05, 4.69) is 5.32 Å². The quantitative estimate of drug-likeness (QED) is 0.876. The van der Waals surface area contributed by atoms with Gasteiger partial charge in [0, 0.05) is 19.7 Å². The van der Waals surface area contributed by atoms with Gasteiger partial charge in [0.05, 0.1) is 10.7 Å². The summed E-state index contributed by atoms with van der Waals surface area (Å²) in [7, 11) is 0. The Morgan fingerprint density at radius 1 is 1.58 bits per heavy atom. The summed E-state index contributed by atoms with van der Waals surface area (Å²) >= 11 is 6.10. The maximum Gasteiger partial charge on any atom is 0.321 e. The van der Waals surface area contributed by atoms with Crippen LogP contribution in [0.2, 0.25) is 5.02 Å². The number of halogens is 1. The monoisotopic (exact) mass is 282 g/mol. The zero-order valence-corrected chi connectivity index (χ0v) is 11.8. The number of rotatable bonds is 2. The number of nitrogens with zero attached hydrogens (tertiary/aromatic N) is 1. The molecule has 2 amide bonds. The molecule has 2 N–H and O–H groups in total. The summed E-state index contributed by atoms with van der Waals surface area (Å²) in [5.41, 5.74) is 1.61. The third kappa shape index (κ3) is 3.39. The lowest BCUT2D eigenvalue weighted by Crippen LogP contribution is -2.43. The van der Waals surface area contributed by atoms with Gasteiger partial charge in [-0.2, -0.15) is 0 Å². The van der Waals surface area contributed by atoms with Crippen LogP contribution >= 0.6 is 11.6 Å². The van der Waals surface area contributed by atoms with E-state index in [9.17, 15) is 9.90 Å². The van der Waals surface area contributed by atoms with E-state index < -0.39 is 0 Å². The highest BCUT2D eigenvalue weighted by atomic mass is 35.5. The van der Waals surface area contributed by atoms with Crippen LogP contribution in [0.4, 0.5) is 10.5 Å². The fourth-order valence-electron chi connectivity index (χ4n) is 2.37. The number of aliphatic hydroxyl groups is 1. The van der Waals surface area contributed by atoms with Gasteiger partial charge in [-0.15, -0.1) is 0 Å². The lowest BCUT2D eigenvalue weighted by atomic mass is 9.99. The van der Waals surface area contributed by atoms with Gasteiger partial charge in [-0.25, -0.2) is 4.79 Å². The smallest absolute Gasteiger partial charge is 0.321 e. The van der Waals surface area contributed by atoms with Crippen LogP contribution < -0.4 is 5.32 Å². The van der Waals surface area contributed by atoms with Gasteiger partial charge < -0.3 is 15.3 Å². The van der Waals surface area contributed by atoms with Gasteiger partial charge in [-0.3, -0.25) is 0 Å². The van der Waals surface area contributed by atoms with E-state index in [1.165, 1.54) is 0 Å². The first-order valence-electron chi connectivity index (χ1n) is 6.53. The van der Waals surface area contributed by atoms with Crippen molar-refractivity contribution in [2.75, 3.05) is 25.0 Å². The Morgan fingerprint density at radius 2 is 2.37 bits per heavy atom. The van der Waals surface area contributed by atoms with Crippen molar-refractivity contribution in [3.8, 4) is 0 Å². The van der Waals surface area contributed by atoms with Gasteiger partial charge in [0.15, 0.2) is 0 Å². The largest absolute Gasteiger partial charge is 0.396 e. The van der Waals surface area contributed by atoms with Crippen LogP contribution in [-0.4, -0.2) is 35.7 Å². The van der Waals surface area contributed by atoms with Crippen molar-refractivity contribution in [2.45, 2.75) is 19.8 Å². The topological polar surface area (TPSA) is 52.6 Å². The third-order valence-electron chi connectivity index (χ3n) is 3.52. The van der Waals surface area contributed by atoms with E-state index >= 15 is 0 Å². The van der Waals surface area contributed by atoms with Crippen molar-refractivity contribution >= 4 is 23.3 Å². The zero-order valence-electron chi connectivity index (χ0n) is 11.0. The van der Waals surface area contributed by atoms with Crippen molar-refractivity contribution in [2.24, 2.45) is 5.92 Å². The van der Waals surface area contributed by atoms with E-state index in [1.54, 1.807) is 11.0 Å². The summed E-state index contributed by atoms with van der Waals surface area (Å²) in [6.45, 7) is 3.38. The predicted molar refractivity (Wildman–Crippen MR) is 76.6 cm³/mol. The Kier molecular flexibility index (Phi) is 4.66. The number of hydrogen-bond donors (Lipinski definition) is 2. The molecule has 1 heterocycles. The molecule has 0 radical (unpaired) electrons. The molecule has 1 saturated heterocycles. The molecular formula is C14H19ClN2O2. The van der Waals surface area contributed by atoms with Crippen molar-refractivity contribution in [1.29, 1.82) is 0 Å². The number of hydrogen-bond acceptors (Lipinski definition) is 2. The molecular weight excluding hydrogens is 264 g/mol. The van der Waals surface area contributed by atoms with Gasteiger partial charge in [0.25, 0.3) is 0 Å². The number of urea groups is 1. The maximum absolute atomic E-state index is 12.2. The van der Waals surface area contributed by atoms with E-state index in [0.717, 1.165) is 24.9 Å². The third-order valence-corrected chi connectivity index (χ3v) is 3.83. The average Bonchev–Trinajstić information content (AvgIpc) is 2.43. The molecule has 1 aromatic rings. The molecule has 0 bridgehead atoms. The lowest BCUT2D eigenvalue weighted by Gasteiger charge is -2.32. The van der Waals surface area contributed by atoms with Gasteiger partial charge in [0.2, 0.25) is 0 Å². The number of anilines is 1. The number of carbonyl (C=O) groups excluding carboxylic acids is 1. The van der Waals surface area contributed by atoms with Crippen molar-refractivity contribution in [3.63, 3.8) is 0 Å². The first kappa shape index (κ1) is 14.2. The van der Waals surface area contributed by atoms with Crippen molar-refractivity contribution in [3.05, 3.63) is 28.8 Å². The molecule has 1 aliphatic rings. The highest BCUT2D eigenvalue weighted by Gasteiger charge is 2.23. The fourth-order valence-corrected chi connectivity index (χ4v) is 2.64. The molecule has 1 aromatic carbocycles. The second-order valence-electron chi connectivity index (χ2n) is 5.00. The molecule has 1 fully saturated rings. The molecule has 0 aromatic heterocycles. The maximum atomic E-state index is 12.2. The molecule has 1 atom stereocenters. The van der Waals surface area contributed by atoms with E-state index in [4.69, 9.17) is 11.6 Å². The molecule has 0 spiro atoms. The number of amides is 2. The lowest BCUT2D eigenvalue weighted by molar-refractivity contribution is 0.136. The van der Waals surface area contributed by atoms with E-state index in [0.29, 0.717) is 17.3 Å². The van der Waals surface area contributed by atoms with Crippen LogP contribution in [0.5, 0.6) is 0 Å². The molecule has 5 heteroatoms. The predicted octanol–water partition coefficient (Wildman–Crippen LogP) is 2.88. The van der Waals surface area contributed by atoms with Crippen LogP contribution in [0.25, 0.3) is 0 Å². The summed E-state index contributed by atoms with van der Waals surface area (Å²) in [6.07, 6.45) is 1.91. The second kappa shape index (κ2) is 6.26. The van der Waals surface area contributed by atoms with E-state index in [1.807, 2.05) is 19.1 Å². The first-order chi connectivity index (χ1) is 9.11. The summed E-state index contributed by atoms with van der Waals surface area (Å²) in [6, 6.07) is 5.38. The Labute approximate surface area is 118 Å². The Balaban J connectivity index is 2.04. The highest BCUT2D eigenvalue weighted by molar-refractivity contribution is 6.33. The first-order valence-corrected chi connectivity index (χ1v) is 6.91. The molecule has 1 aliphatic heterocycles. The average molecular weight is 283 g/mol.